The molecule has 19 heavy (non-hydrogen) atoms. The van der Waals surface area contributed by atoms with Crippen LogP contribution in [0.25, 0.3) is 5.69 Å². The number of nitrogens with zero attached hydrogens (tertiary/aromatic N) is 3. The molecule has 3 N–H and O–H groups in total. The van der Waals surface area contributed by atoms with Gasteiger partial charge in [0.1, 0.15) is 17.5 Å². The highest BCUT2D eigenvalue weighted by molar-refractivity contribution is 9.10. The van der Waals surface area contributed by atoms with Crippen LogP contribution in [-0.4, -0.2) is 16.3 Å². The number of benzene rings is 1. The number of nitrogens with two attached hydrogens (primary N) is 1. The molecular weight excluding hydrogens is 306 g/mol. The average Bonchev–Trinajstić information content (AvgIpc) is 2.73. The second kappa shape index (κ2) is 5.76. The van der Waals surface area contributed by atoms with Gasteiger partial charge in [-0.1, -0.05) is 22.9 Å². The van der Waals surface area contributed by atoms with Crippen molar-refractivity contribution in [1.29, 1.82) is 5.26 Å². The minimum Gasteiger partial charge on any atom is -0.382 e. The number of halogens is 1. The fraction of sp³-hybridized carbons (Fsp3) is 0.231. The third kappa shape index (κ3) is 2.71. The molecule has 0 atom stereocenters. The van der Waals surface area contributed by atoms with E-state index in [1.807, 2.05) is 31.2 Å². The predicted octanol–water partition coefficient (Wildman–Crippen LogP) is 2.91. The molecule has 2 aromatic rings. The molecular formula is C13H14BrN5. The molecule has 98 valence electrons. The van der Waals surface area contributed by atoms with Crippen molar-refractivity contribution < 1.29 is 0 Å². The summed E-state index contributed by atoms with van der Waals surface area (Å²) >= 11 is 3.38. The highest BCUT2D eigenvalue weighted by Gasteiger charge is 2.15. The molecule has 6 heteroatoms. The van der Waals surface area contributed by atoms with Gasteiger partial charge in [-0.15, -0.1) is 5.10 Å². The van der Waals surface area contributed by atoms with Crippen LogP contribution >= 0.6 is 15.9 Å². The quantitative estimate of drug-likeness (QED) is 0.908. The molecule has 0 aliphatic rings. The Morgan fingerprint density at radius 1 is 1.42 bits per heavy atom. The van der Waals surface area contributed by atoms with Crippen LogP contribution in [0.2, 0.25) is 0 Å². The smallest absolute Gasteiger partial charge is 0.168 e. The van der Waals surface area contributed by atoms with Gasteiger partial charge in [-0.05, 0) is 30.7 Å². The van der Waals surface area contributed by atoms with Crippen LogP contribution in [0.3, 0.4) is 0 Å². The maximum Gasteiger partial charge on any atom is 0.168 e. The number of hydrogen-bond acceptors (Lipinski definition) is 4. The molecule has 1 aromatic heterocycles. The van der Waals surface area contributed by atoms with Gasteiger partial charge in [0.15, 0.2) is 5.82 Å². The van der Waals surface area contributed by atoms with Gasteiger partial charge in [0, 0.05) is 11.0 Å². The monoisotopic (exact) mass is 319 g/mol. The summed E-state index contributed by atoms with van der Waals surface area (Å²) in [5, 5.41) is 16.6. The summed E-state index contributed by atoms with van der Waals surface area (Å²) in [4.78, 5) is 0. The topological polar surface area (TPSA) is 79.7 Å². The largest absolute Gasteiger partial charge is 0.382 e. The maximum atomic E-state index is 9.17. The second-order valence-corrected chi connectivity index (χ2v) is 4.95. The summed E-state index contributed by atoms with van der Waals surface area (Å²) in [7, 11) is 0. The first kappa shape index (κ1) is 13.4. The highest BCUT2D eigenvalue weighted by Crippen LogP contribution is 2.24. The van der Waals surface area contributed by atoms with Crippen molar-refractivity contribution in [2.24, 2.45) is 0 Å². The summed E-state index contributed by atoms with van der Waals surface area (Å²) < 4.78 is 2.55. The summed E-state index contributed by atoms with van der Waals surface area (Å²) in [6.07, 6.45) is 0.954. The molecule has 0 bridgehead atoms. The lowest BCUT2D eigenvalue weighted by Crippen LogP contribution is -2.03. The van der Waals surface area contributed by atoms with Gasteiger partial charge < -0.3 is 11.1 Å². The van der Waals surface area contributed by atoms with E-state index in [-0.39, 0.29) is 0 Å². The Balaban J connectivity index is 2.44. The van der Waals surface area contributed by atoms with E-state index in [9.17, 15) is 5.26 Å². The van der Waals surface area contributed by atoms with Crippen LogP contribution in [0.15, 0.2) is 28.7 Å². The Labute approximate surface area is 120 Å². The Morgan fingerprint density at radius 2 is 2.11 bits per heavy atom. The van der Waals surface area contributed by atoms with E-state index in [4.69, 9.17) is 5.73 Å². The van der Waals surface area contributed by atoms with Crippen LogP contribution < -0.4 is 11.1 Å². The minimum atomic E-state index is 0.350. The third-order valence-electron chi connectivity index (χ3n) is 2.65. The first-order valence-electron chi connectivity index (χ1n) is 5.95. The molecule has 0 aliphatic heterocycles. The maximum absolute atomic E-state index is 9.17. The Hall–Kier alpha value is -2.00. The first-order valence-corrected chi connectivity index (χ1v) is 6.75. The Bertz CT molecular complexity index is 609. The van der Waals surface area contributed by atoms with Gasteiger partial charge in [-0.25, -0.2) is 4.68 Å². The lowest BCUT2D eigenvalue weighted by Gasteiger charge is -2.03. The van der Waals surface area contributed by atoms with Crippen LogP contribution in [0, 0.1) is 11.3 Å². The summed E-state index contributed by atoms with van der Waals surface area (Å²) in [5.74, 6) is 0.883. The molecule has 1 aromatic carbocycles. The van der Waals surface area contributed by atoms with Crippen molar-refractivity contribution in [3.05, 3.63) is 34.3 Å². The molecule has 0 saturated heterocycles. The normalized spacial score (nSPS) is 10.2. The number of aromatic nitrogens is 2. The predicted molar refractivity (Wildman–Crippen MR) is 79.2 cm³/mol. The molecule has 0 unspecified atom stereocenters. The lowest BCUT2D eigenvalue weighted by molar-refractivity contribution is 0.880. The summed E-state index contributed by atoms with van der Waals surface area (Å²) in [5.41, 5.74) is 7.19. The van der Waals surface area contributed by atoms with E-state index in [1.165, 1.54) is 0 Å². The third-order valence-corrected chi connectivity index (χ3v) is 3.18. The minimum absolute atomic E-state index is 0.350. The van der Waals surface area contributed by atoms with Crippen molar-refractivity contribution in [1.82, 2.24) is 9.78 Å². The zero-order valence-electron chi connectivity index (χ0n) is 10.5. The molecule has 2 rings (SSSR count). The number of nitrogen functional groups attached to an aromatic ring is 1. The van der Waals surface area contributed by atoms with E-state index in [0.29, 0.717) is 17.2 Å². The van der Waals surface area contributed by atoms with E-state index >= 15 is 0 Å². The van der Waals surface area contributed by atoms with Crippen LogP contribution in [0.4, 0.5) is 11.6 Å². The number of anilines is 2. The molecule has 1 heterocycles. The number of hydrogen-bond donors (Lipinski definition) is 2. The molecule has 5 nitrogen and oxygen atoms in total. The molecule has 0 amide bonds. The number of rotatable bonds is 4. The van der Waals surface area contributed by atoms with Crippen LogP contribution in [-0.2, 0) is 0 Å². The van der Waals surface area contributed by atoms with Crippen LogP contribution in [0.5, 0.6) is 0 Å². The fourth-order valence-electron chi connectivity index (χ4n) is 1.69. The summed E-state index contributed by atoms with van der Waals surface area (Å²) in [6, 6.07) is 9.68. The average molecular weight is 320 g/mol. The van der Waals surface area contributed by atoms with Gasteiger partial charge in [0.05, 0.1) is 5.69 Å². The van der Waals surface area contributed by atoms with E-state index in [0.717, 1.165) is 23.1 Å². The van der Waals surface area contributed by atoms with Gasteiger partial charge >= 0.3 is 0 Å². The van der Waals surface area contributed by atoms with Crippen molar-refractivity contribution in [3.8, 4) is 11.8 Å². The summed E-state index contributed by atoms with van der Waals surface area (Å²) in [6.45, 7) is 2.81. The van der Waals surface area contributed by atoms with Gasteiger partial charge in [0.2, 0.25) is 0 Å². The van der Waals surface area contributed by atoms with Gasteiger partial charge in [-0.3, -0.25) is 0 Å². The second-order valence-electron chi connectivity index (χ2n) is 4.04. The zero-order valence-corrected chi connectivity index (χ0v) is 12.1. The van der Waals surface area contributed by atoms with E-state index < -0.39 is 0 Å². The van der Waals surface area contributed by atoms with Crippen molar-refractivity contribution >= 4 is 27.6 Å². The van der Waals surface area contributed by atoms with Gasteiger partial charge in [0.25, 0.3) is 0 Å². The van der Waals surface area contributed by atoms with Crippen molar-refractivity contribution in [2.45, 2.75) is 13.3 Å². The number of nitriles is 1. The standard InChI is InChI=1S/C13H14BrN5/c1-2-7-17-13-11(8-15)12(16)19(18-13)10-5-3-9(14)4-6-10/h3-6H,2,7,16H2,1H3,(H,17,18). The molecule has 0 saturated carbocycles. The number of nitrogens with one attached hydrogen (secondary N) is 1. The van der Waals surface area contributed by atoms with Crippen molar-refractivity contribution in [2.75, 3.05) is 17.6 Å². The SMILES string of the molecule is CCCNc1nn(-c2ccc(Br)cc2)c(N)c1C#N. The molecule has 0 radical (unpaired) electrons. The van der Waals surface area contributed by atoms with E-state index in [2.05, 4.69) is 32.4 Å². The van der Waals surface area contributed by atoms with Crippen LogP contribution in [0.1, 0.15) is 18.9 Å². The Morgan fingerprint density at radius 3 is 2.68 bits per heavy atom. The lowest BCUT2D eigenvalue weighted by atomic mass is 10.3. The molecule has 0 fully saturated rings. The van der Waals surface area contributed by atoms with Gasteiger partial charge in [-0.2, -0.15) is 5.26 Å². The molecule has 0 aliphatic carbocycles. The fourth-order valence-corrected chi connectivity index (χ4v) is 1.95. The highest BCUT2D eigenvalue weighted by atomic mass is 79.9. The molecule has 0 spiro atoms. The van der Waals surface area contributed by atoms with Crippen molar-refractivity contribution in [3.63, 3.8) is 0 Å². The van der Waals surface area contributed by atoms with E-state index in [1.54, 1.807) is 4.68 Å². The zero-order chi connectivity index (χ0) is 13.8. The Kier molecular flexibility index (Phi) is 4.07. The first-order chi connectivity index (χ1) is 9.17.